The first-order valence-electron chi connectivity index (χ1n) is 6.57. The second-order valence-corrected chi connectivity index (χ2v) is 5.39. The molecule has 0 aliphatic heterocycles. The van der Waals surface area contributed by atoms with E-state index in [0.717, 1.165) is 30.7 Å². The molecule has 1 aliphatic rings. The number of rotatable bonds is 5. The van der Waals surface area contributed by atoms with Gasteiger partial charge >= 0.3 is 5.97 Å². The van der Waals surface area contributed by atoms with Gasteiger partial charge in [-0.15, -0.1) is 0 Å². The Morgan fingerprint density at radius 2 is 2.16 bits per heavy atom. The van der Waals surface area contributed by atoms with Crippen LogP contribution in [0.1, 0.15) is 24.0 Å². The fourth-order valence-electron chi connectivity index (χ4n) is 2.58. The molecule has 4 nitrogen and oxygen atoms in total. The number of ether oxygens (including phenoxy) is 1. The number of carbonyl (C=O) groups is 1. The van der Waals surface area contributed by atoms with E-state index in [-0.39, 0.29) is 5.92 Å². The third kappa shape index (κ3) is 3.07. The molecule has 0 heterocycles. The molecule has 104 valence electrons. The first-order valence-corrected chi connectivity index (χ1v) is 6.57. The van der Waals surface area contributed by atoms with Crippen LogP contribution in [0.15, 0.2) is 18.2 Å². The van der Waals surface area contributed by atoms with E-state index in [9.17, 15) is 4.79 Å². The lowest BCUT2D eigenvalue weighted by atomic mass is 9.79. The van der Waals surface area contributed by atoms with Crippen LogP contribution in [0.4, 0.5) is 0 Å². The van der Waals surface area contributed by atoms with Crippen molar-refractivity contribution in [2.75, 3.05) is 14.2 Å². The van der Waals surface area contributed by atoms with Crippen molar-refractivity contribution in [3.8, 4) is 5.75 Å². The highest BCUT2D eigenvalue weighted by atomic mass is 16.5. The minimum atomic E-state index is -0.669. The summed E-state index contributed by atoms with van der Waals surface area (Å²) in [5.74, 6) is 0.0659. The molecule has 19 heavy (non-hydrogen) atoms. The number of hydrogen-bond acceptors (Lipinski definition) is 3. The molecule has 0 spiro atoms. The van der Waals surface area contributed by atoms with Crippen LogP contribution in [0.25, 0.3) is 0 Å². The second kappa shape index (κ2) is 5.61. The smallest absolute Gasteiger partial charge is 0.306 e. The Labute approximate surface area is 114 Å². The number of nitrogens with zero attached hydrogens (tertiary/aromatic N) is 1. The summed E-state index contributed by atoms with van der Waals surface area (Å²) in [6.45, 7) is 2.86. The Balaban J connectivity index is 1.98. The topological polar surface area (TPSA) is 49.8 Å². The molecule has 1 aromatic rings. The fraction of sp³-hybridized carbons (Fsp3) is 0.533. The van der Waals surface area contributed by atoms with Gasteiger partial charge in [0, 0.05) is 18.2 Å². The maximum absolute atomic E-state index is 10.8. The zero-order valence-electron chi connectivity index (χ0n) is 11.7. The van der Waals surface area contributed by atoms with Gasteiger partial charge in [0.15, 0.2) is 0 Å². The lowest BCUT2D eigenvalue weighted by Gasteiger charge is -2.39. The van der Waals surface area contributed by atoms with Crippen LogP contribution in [-0.2, 0) is 11.3 Å². The van der Waals surface area contributed by atoms with Crippen molar-refractivity contribution in [1.29, 1.82) is 0 Å². The molecule has 1 aliphatic carbocycles. The predicted octanol–water partition coefficient (Wildman–Crippen LogP) is 2.30. The van der Waals surface area contributed by atoms with Gasteiger partial charge in [0.1, 0.15) is 5.75 Å². The van der Waals surface area contributed by atoms with E-state index in [4.69, 9.17) is 9.84 Å². The van der Waals surface area contributed by atoms with E-state index in [1.807, 2.05) is 19.2 Å². The van der Waals surface area contributed by atoms with Crippen LogP contribution in [-0.4, -0.2) is 36.2 Å². The lowest BCUT2D eigenvalue weighted by molar-refractivity contribution is -0.146. The fourth-order valence-corrected chi connectivity index (χ4v) is 2.58. The summed E-state index contributed by atoms with van der Waals surface area (Å²) < 4.78 is 5.37. The Bertz CT molecular complexity index is 466. The second-order valence-electron chi connectivity index (χ2n) is 5.39. The van der Waals surface area contributed by atoms with Crippen LogP contribution in [0, 0.1) is 12.8 Å². The number of aryl methyl sites for hydroxylation is 1. The van der Waals surface area contributed by atoms with E-state index in [1.165, 1.54) is 5.56 Å². The highest BCUT2D eigenvalue weighted by molar-refractivity contribution is 5.71. The van der Waals surface area contributed by atoms with Gasteiger partial charge in [-0.1, -0.05) is 17.7 Å². The molecule has 0 amide bonds. The van der Waals surface area contributed by atoms with Crippen LogP contribution in [0.3, 0.4) is 0 Å². The monoisotopic (exact) mass is 263 g/mol. The largest absolute Gasteiger partial charge is 0.496 e. The van der Waals surface area contributed by atoms with Gasteiger partial charge in [0.05, 0.1) is 13.0 Å². The summed E-state index contributed by atoms with van der Waals surface area (Å²) in [6, 6.07) is 6.51. The zero-order chi connectivity index (χ0) is 14.0. The molecule has 0 aromatic heterocycles. The number of carboxylic acids is 1. The number of hydrogen-bond donors (Lipinski definition) is 1. The van der Waals surface area contributed by atoms with Gasteiger partial charge in [-0.25, -0.2) is 0 Å². The zero-order valence-corrected chi connectivity index (χ0v) is 11.7. The van der Waals surface area contributed by atoms with Gasteiger partial charge in [-0.05, 0) is 32.9 Å². The molecular weight excluding hydrogens is 242 g/mol. The van der Waals surface area contributed by atoms with E-state index in [0.29, 0.717) is 6.04 Å². The third-order valence-electron chi connectivity index (χ3n) is 3.94. The van der Waals surface area contributed by atoms with Crippen molar-refractivity contribution < 1.29 is 14.6 Å². The number of aliphatic carboxylic acids is 1. The van der Waals surface area contributed by atoms with Gasteiger partial charge in [-0.3, -0.25) is 9.69 Å². The molecule has 0 unspecified atom stereocenters. The average molecular weight is 263 g/mol. The Morgan fingerprint density at radius 1 is 1.47 bits per heavy atom. The van der Waals surface area contributed by atoms with Gasteiger partial charge in [0.25, 0.3) is 0 Å². The molecule has 4 heteroatoms. The van der Waals surface area contributed by atoms with E-state index >= 15 is 0 Å². The standard InChI is InChI=1S/C15H21NO3/c1-10-4-5-14(19-3)12(6-10)9-16(2)13-7-11(8-13)15(17)18/h4-6,11,13H,7-9H2,1-3H3,(H,17,18). The first-order chi connectivity index (χ1) is 9.01. The van der Waals surface area contributed by atoms with Crippen molar-refractivity contribution >= 4 is 5.97 Å². The van der Waals surface area contributed by atoms with Crippen LogP contribution in [0.2, 0.25) is 0 Å². The van der Waals surface area contributed by atoms with Crippen molar-refractivity contribution in [1.82, 2.24) is 4.90 Å². The number of benzene rings is 1. The predicted molar refractivity (Wildman–Crippen MR) is 73.3 cm³/mol. The summed E-state index contributed by atoms with van der Waals surface area (Å²) in [6.07, 6.45) is 1.50. The minimum Gasteiger partial charge on any atom is -0.496 e. The van der Waals surface area contributed by atoms with Gasteiger partial charge in [0.2, 0.25) is 0 Å². The molecule has 1 saturated carbocycles. The molecule has 0 atom stereocenters. The maximum Gasteiger partial charge on any atom is 0.306 e. The Morgan fingerprint density at radius 3 is 2.74 bits per heavy atom. The quantitative estimate of drug-likeness (QED) is 0.885. The number of methoxy groups -OCH3 is 1. The minimum absolute atomic E-state index is 0.160. The molecule has 0 radical (unpaired) electrons. The van der Waals surface area contributed by atoms with E-state index < -0.39 is 5.97 Å². The normalized spacial score (nSPS) is 22.1. The maximum atomic E-state index is 10.8. The van der Waals surface area contributed by atoms with Crippen molar-refractivity contribution in [2.45, 2.75) is 32.4 Å². The summed E-state index contributed by atoms with van der Waals surface area (Å²) in [5.41, 5.74) is 2.37. The summed E-state index contributed by atoms with van der Waals surface area (Å²) in [4.78, 5) is 13.0. The number of carboxylic acid groups (broad SMARTS) is 1. The van der Waals surface area contributed by atoms with E-state index in [1.54, 1.807) is 7.11 Å². The highest BCUT2D eigenvalue weighted by Gasteiger charge is 2.36. The summed E-state index contributed by atoms with van der Waals surface area (Å²) in [7, 11) is 3.72. The Hall–Kier alpha value is -1.55. The van der Waals surface area contributed by atoms with Crippen LogP contribution >= 0.6 is 0 Å². The van der Waals surface area contributed by atoms with Gasteiger partial charge in [-0.2, -0.15) is 0 Å². The molecule has 1 aromatic carbocycles. The molecule has 2 rings (SSSR count). The highest BCUT2D eigenvalue weighted by Crippen LogP contribution is 2.33. The van der Waals surface area contributed by atoms with E-state index in [2.05, 4.69) is 17.9 Å². The molecular formula is C15H21NO3. The average Bonchev–Trinajstić information content (AvgIpc) is 2.26. The lowest BCUT2D eigenvalue weighted by Crippen LogP contribution is -2.44. The van der Waals surface area contributed by atoms with Crippen molar-refractivity contribution in [3.63, 3.8) is 0 Å². The summed E-state index contributed by atoms with van der Waals surface area (Å²) in [5, 5.41) is 8.90. The molecule has 0 saturated heterocycles. The molecule has 0 bridgehead atoms. The van der Waals surface area contributed by atoms with Crippen LogP contribution in [0.5, 0.6) is 5.75 Å². The SMILES string of the molecule is COc1ccc(C)cc1CN(C)C1CC(C(=O)O)C1. The van der Waals surface area contributed by atoms with Gasteiger partial charge < -0.3 is 9.84 Å². The molecule has 1 N–H and O–H groups in total. The third-order valence-corrected chi connectivity index (χ3v) is 3.94. The van der Waals surface area contributed by atoms with Crippen LogP contribution < -0.4 is 4.74 Å². The van der Waals surface area contributed by atoms with Crippen molar-refractivity contribution in [2.24, 2.45) is 5.92 Å². The molecule has 1 fully saturated rings. The first kappa shape index (κ1) is 13.9. The summed E-state index contributed by atoms with van der Waals surface area (Å²) >= 11 is 0. The Kier molecular flexibility index (Phi) is 4.10. The van der Waals surface area contributed by atoms with Crippen molar-refractivity contribution in [3.05, 3.63) is 29.3 Å².